The summed E-state index contributed by atoms with van der Waals surface area (Å²) in [4.78, 5) is 15.5. The lowest BCUT2D eigenvalue weighted by Crippen LogP contribution is -2.01. The molecule has 0 aliphatic heterocycles. The van der Waals surface area contributed by atoms with Crippen LogP contribution in [0, 0.1) is 11.8 Å². The second-order valence-corrected chi connectivity index (χ2v) is 3.66. The highest BCUT2D eigenvalue weighted by Gasteiger charge is 1.99. The molecule has 1 heterocycles. The van der Waals surface area contributed by atoms with Gasteiger partial charge in [-0.15, -0.1) is 0 Å². The van der Waals surface area contributed by atoms with E-state index >= 15 is 0 Å². The Bertz CT molecular complexity index is 618. The molecule has 2 aromatic rings. The summed E-state index contributed by atoms with van der Waals surface area (Å²) >= 11 is 0. The molecule has 2 rings (SSSR count). The third-order valence-corrected chi connectivity index (χ3v) is 2.39. The van der Waals surface area contributed by atoms with Crippen LogP contribution < -0.4 is 0 Å². The minimum Gasteiger partial charge on any atom is -0.465 e. The number of esters is 1. The van der Waals surface area contributed by atoms with E-state index in [4.69, 9.17) is 4.74 Å². The molecule has 0 aliphatic carbocycles. The molecule has 1 aromatic heterocycles. The SMILES string of the molecule is CCOC(=O)CC#Cc1cccc2cccnc12. The number of nitrogens with zero attached hydrogens (tertiary/aromatic N) is 1. The van der Waals surface area contributed by atoms with Crippen molar-refractivity contribution in [3.8, 4) is 11.8 Å². The van der Waals surface area contributed by atoms with Gasteiger partial charge in [-0.2, -0.15) is 0 Å². The average molecular weight is 239 g/mol. The Hall–Kier alpha value is -2.34. The molecule has 18 heavy (non-hydrogen) atoms. The van der Waals surface area contributed by atoms with Crippen LogP contribution in [-0.2, 0) is 9.53 Å². The Kier molecular flexibility index (Phi) is 3.93. The average Bonchev–Trinajstić information content (AvgIpc) is 2.39. The zero-order valence-electron chi connectivity index (χ0n) is 10.1. The number of carbonyl (C=O) groups excluding carboxylic acids is 1. The zero-order chi connectivity index (χ0) is 12.8. The summed E-state index contributed by atoms with van der Waals surface area (Å²) in [6.45, 7) is 2.16. The van der Waals surface area contributed by atoms with Gasteiger partial charge in [0.25, 0.3) is 0 Å². The van der Waals surface area contributed by atoms with Crippen molar-refractivity contribution in [2.75, 3.05) is 6.61 Å². The molecule has 1 aromatic carbocycles. The third kappa shape index (κ3) is 2.86. The van der Waals surface area contributed by atoms with Crippen molar-refractivity contribution in [1.29, 1.82) is 0 Å². The fourth-order valence-corrected chi connectivity index (χ4v) is 1.63. The summed E-state index contributed by atoms with van der Waals surface area (Å²) in [6, 6.07) is 9.68. The summed E-state index contributed by atoms with van der Waals surface area (Å²) in [7, 11) is 0. The van der Waals surface area contributed by atoms with E-state index in [1.807, 2.05) is 30.3 Å². The maximum Gasteiger partial charge on any atom is 0.317 e. The van der Waals surface area contributed by atoms with Crippen LogP contribution in [0.25, 0.3) is 10.9 Å². The third-order valence-electron chi connectivity index (χ3n) is 2.39. The van der Waals surface area contributed by atoms with Crippen LogP contribution >= 0.6 is 0 Å². The minimum atomic E-state index is -0.293. The Morgan fingerprint density at radius 1 is 1.33 bits per heavy atom. The second-order valence-electron chi connectivity index (χ2n) is 3.66. The number of hydrogen-bond donors (Lipinski definition) is 0. The van der Waals surface area contributed by atoms with Gasteiger partial charge in [-0.05, 0) is 19.1 Å². The molecule has 0 amide bonds. The Morgan fingerprint density at radius 2 is 2.17 bits per heavy atom. The van der Waals surface area contributed by atoms with Gasteiger partial charge in [0.15, 0.2) is 0 Å². The standard InChI is InChI=1S/C15H13NO2/c1-2-18-14(17)10-4-8-12-6-3-7-13-9-5-11-16-15(12)13/h3,5-7,9,11H,2,10H2,1H3. The van der Waals surface area contributed by atoms with Gasteiger partial charge in [0.1, 0.15) is 6.42 Å². The van der Waals surface area contributed by atoms with Crippen molar-refractivity contribution in [1.82, 2.24) is 4.98 Å². The highest BCUT2D eigenvalue weighted by atomic mass is 16.5. The molecule has 0 saturated heterocycles. The van der Waals surface area contributed by atoms with E-state index in [1.54, 1.807) is 13.1 Å². The van der Waals surface area contributed by atoms with Crippen LogP contribution in [0.1, 0.15) is 18.9 Å². The maximum atomic E-state index is 11.2. The van der Waals surface area contributed by atoms with Crippen molar-refractivity contribution in [3.63, 3.8) is 0 Å². The quantitative estimate of drug-likeness (QED) is 0.597. The molecule has 0 N–H and O–H groups in total. The zero-order valence-corrected chi connectivity index (χ0v) is 10.1. The van der Waals surface area contributed by atoms with Gasteiger partial charge in [0, 0.05) is 11.6 Å². The van der Waals surface area contributed by atoms with Crippen LogP contribution in [0.5, 0.6) is 0 Å². The fraction of sp³-hybridized carbons (Fsp3) is 0.200. The van der Waals surface area contributed by atoms with Gasteiger partial charge in [0.2, 0.25) is 0 Å². The lowest BCUT2D eigenvalue weighted by atomic mass is 10.1. The molecule has 0 atom stereocenters. The Morgan fingerprint density at radius 3 is 3.00 bits per heavy atom. The number of rotatable bonds is 2. The first kappa shape index (κ1) is 12.1. The van der Waals surface area contributed by atoms with Crippen molar-refractivity contribution < 1.29 is 9.53 Å². The predicted octanol–water partition coefficient (Wildman–Crippen LogP) is 2.54. The van der Waals surface area contributed by atoms with E-state index in [0.717, 1.165) is 16.5 Å². The fourth-order valence-electron chi connectivity index (χ4n) is 1.63. The van der Waals surface area contributed by atoms with Crippen LogP contribution in [-0.4, -0.2) is 17.6 Å². The van der Waals surface area contributed by atoms with E-state index < -0.39 is 0 Å². The van der Waals surface area contributed by atoms with Crippen LogP contribution in [0.2, 0.25) is 0 Å². The first-order valence-corrected chi connectivity index (χ1v) is 5.79. The highest BCUT2D eigenvalue weighted by molar-refractivity contribution is 5.84. The number of aromatic nitrogens is 1. The van der Waals surface area contributed by atoms with Gasteiger partial charge in [0.05, 0.1) is 17.7 Å². The van der Waals surface area contributed by atoms with E-state index in [2.05, 4.69) is 16.8 Å². The van der Waals surface area contributed by atoms with Crippen LogP contribution in [0.15, 0.2) is 36.5 Å². The number of fused-ring (bicyclic) bond motifs is 1. The summed E-state index contributed by atoms with van der Waals surface area (Å²) in [6.07, 6.45) is 1.84. The molecule has 90 valence electrons. The molecule has 3 nitrogen and oxygen atoms in total. The minimum absolute atomic E-state index is 0.108. The number of para-hydroxylation sites is 1. The van der Waals surface area contributed by atoms with E-state index in [0.29, 0.717) is 6.61 Å². The number of carbonyl (C=O) groups is 1. The highest BCUT2D eigenvalue weighted by Crippen LogP contribution is 2.14. The smallest absolute Gasteiger partial charge is 0.317 e. The number of benzene rings is 1. The van der Waals surface area contributed by atoms with Gasteiger partial charge in [-0.25, -0.2) is 0 Å². The number of ether oxygens (including phenoxy) is 1. The molecule has 0 bridgehead atoms. The molecule has 0 radical (unpaired) electrons. The number of pyridine rings is 1. The normalized spacial score (nSPS) is 9.61. The van der Waals surface area contributed by atoms with E-state index in [-0.39, 0.29) is 12.4 Å². The van der Waals surface area contributed by atoms with Crippen LogP contribution in [0.3, 0.4) is 0 Å². The molecule has 3 heteroatoms. The van der Waals surface area contributed by atoms with Crippen LogP contribution in [0.4, 0.5) is 0 Å². The summed E-state index contributed by atoms with van der Waals surface area (Å²) < 4.78 is 4.81. The lowest BCUT2D eigenvalue weighted by Gasteiger charge is -1.98. The largest absolute Gasteiger partial charge is 0.465 e. The van der Waals surface area contributed by atoms with Crippen molar-refractivity contribution >= 4 is 16.9 Å². The van der Waals surface area contributed by atoms with Crippen molar-refractivity contribution in [3.05, 3.63) is 42.1 Å². The van der Waals surface area contributed by atoms with Gasteiger partial charge < -0.3 is 4.74 Å². The summed E-state index contributed by atoms with van der Waals surface area (Å²) in [5.41, 5.74) is 1.69. The monoisotopic (exact) mass is 239 g/mol. The second kappa shape index (κ2) is 5.83. The summed E-state index contributed by atoms with van der Waals surface area (Å²) in [5.74, 6) is 5.48. The molecule has 0 fully saturated rings. The van der Waals surface area contributed by atoms with E-state index in [1.165, 1.54) is 0 Å². The molecular formula is C15H13NO2. The number of hydrogen-bond acceptors (Lipinski definition) is 3. The first-order valence-electron chi connectivity index (χ1n) is 5.79. The maximum absolute atomic E-state index is 11.2. The van der Waals surface area contributed by atoms with E-state index in [9.17, 15) is 4.79 Å². The van der Waals surface area contributed by atoms with Crippen molar-refractivity contribution in [2.45, 2.75) is 13.3 Å². The Labute approximate surface area is 106 Å². The van der Waals surface area contributed by atoms with Crippen molar-refractivity contribution in [2.24, 2.45) is 0 Å². The molecule has 0 unspecified atom stereocenters. The molecule has 0 aliphatic rings. The van der Waals surface area contributed by atoms with Gasteiger partial charge >= 0.3 is 5.97 Å². The molecule has 0 spiro atoms. The Balaban J connectivity index is 2.22. The predicted molar refractivity (Wildman–Crippen MR) is 69.9 cm³/mol. The van der Waals surface area contributed by atoms with Gasteiger partial charge in [-0.1, -0.05) is 30.0 Å². The topological polar surface area (TPSA) is 39.2 Å². The summed E-state index contributed by atoms with van der Waals surface area (Å²) in [5, 5.41) is 1.04. The van der Waals surface area contributed by atoms with Gasteiger partial charge in [-0.3, -0.25) is 9.78 Å². The molecular weight excluding hydrogens is 226 g/mol. The molecule has 0 saturated carbocycles. The first-order chi connectivity index (χ1) is 8.81. The lowest BCUT2D eigenvalue weighted by molar-refractivity contribution is -0.141.